The Bertz CT molecular complexity index is 1010. The van der Waals surface area contributed by atoms with Gasteiger partial charge >= 0.3 is 12.1 Å². The summed E-state index contributed by atoms with van der Waals surface area (Å²) in [7, 11) is 0. The third-order valence-electron chi connectivity index (χ3n) is 4.88. The Labute approximate surface area is 176 Å². The van der Waals surface area contributed by atoms with Gasteiger partial charge in [0.1, 0.15) is 17.4 Å². The van der Waals surface area contributed by atoms with Gasteiger partial charge in [0.05, 0.1) is 6.42 Å². The molecule has 0 N–H and O–H groups in total. The average Bonchev–Trinajstić information content (AvgIpc) is 2.69. The van der Waals surface area contributed by atoms with Crippen molar-refractivity contribution in [3.63, 3.8) is 0 Å². The fraction of sp³-hybridized carbons (Fsp3) is 0.208. The molecule has 3 rings (SSSR count). The highest BCUT2D eigenvalue weighted by Crippen LogP contribution is 2.45. The van der Waals surface area contributed by atoms with Gasteiger partial charge in [-0.25, -0.2) is 8.78 Å². The van der Waals surface area contributed by atoms with Crippen molar-refractivity contribution in [1.82, 2.24) is 0 Å². The number of carbonyl (C=O) groups is 1. The molecule has 0 aromatic heterocycles. The summed E-state index contributed by atoms with van der Waals surface area (Å²) in [4.78, 5) is 11.1. The third kappa shape index (κ3) is 6.13. The Morgan fingerprint density at radius 3 is 1.61 bits per heavy atom. The van der Waals surface area contributed by atoms with Crippen LogP contribution in [0.2, 0.25) is 0 Å². The van der Waals surface area contributed by atoms with Crippen LogP contribution in [0.1, 0.15) is 41.9 Å². The number of hydrogen-bond donors (Lipinski definition) is 0. The number of alkyl halides is 3. The largest absolute Gasteiger partial charge is 0.427 e. The normalized spacial score (nSPS) is 13.5. The lowest BCUT2D eigenvalue weighted by Gasteiger charge is -2.30. The summed E-state index contributed by atoms with van der Waals surface area (Å²) in [5.41, 5.74) is 1.29. The summed E-state index contributed by atoms with van der Waals surface area (Å²) in [6.45, 7) is 1.24. The van der Waals surface area contributed by atoms with Crippen LogP contribution < -0.4 is 4.74 Å². The van der Waals surface area contributed by atoms with Crippen molar-refractivity contribution < 1.29 is 31.5 Å². The SMILES string of the molecule is CC(=O)Oc1ccc([C@@H](c2ccc(F)cc2)[C@H](CC(F)(F)F)c2ccc(F)cc2)cc1. The van der Waals surface area contributed by atoms with Gasteiger partial charge in [0.2, 0.25) is 0 Å². The molecule has 0 amide bonds. The first-order valence-electron chi connectivity index (χ1n) is 9.48. The van der Waals surface area contributed by atoms with Crippen LogP contribution in [0.5, 0.6) is 5.75 Å². The topological polar surface area (TPSA) is 26.3 Å². The highest BCUT2D eigenvalue weighted by molar-refractivity contribution is 5.69. The first-order valence-corrected chi connectivity index (χ1v) is 9.48. The predicted molar refractivity (Wildman–Crippen MR) is 106 cm³/mol. The Balaban J connectivity index is 2.12. The van der Waals surface area contributed by atoms with Crippen LogP contribution in [0.15, 0.2) is 72.8 Å². The first kappa shape index (κ1) is 22.5. The van der Waals surface area contributed by atoms with Crippen LogP contribution in [-0.2, 0) is 4.79 Å². The van der Waals surface area contributed by atoms with Crippen molar-refractivity contribution in [2.24, 2.45) is 0 Å². The number of esters is 1. The van der Waals surface area contributed by atoms with E-state index < -0.39 is 42.0 Å². The number of carbonyl (C=O) groups excluding carboxylic acids is 1. The van der Waals surface area contributed by atoms with E-state index >= 15 is 0 Å². The molecule has 162 valence electrons. The molecular formula is C24H19F5O2. The summed E-state index contributed by atoms with van der Waals surface area (Å²) in [5, 5.41) is 0. The van der Waals surface area contributed by atoms with Gasteiger partial charge in [0.15, 0.2) is 0 Å². The van der Waals surface area contributed by atoms with Crippen LogP contribution in [0.3, 0.4) is 0 Å². The van der Waals surface area contributed by atoms with E-state index in [2.05, 4.69) is 0 Å². The number of hydrogen-bond acceptors (Lipinski definition) is 2. The summed E-state index contributed by atoms with van der Waals surface area (Å²) in [6, 6.07) is 16.2. The zero-order chi connectivity index (χ0) is 22.6. The van der Waals surface area contributed by atoms with E-state index in [1.807, 2.05) is 0 Å². The highest BCUT2D eigenvalue weighted by Gasteiger charge is 2.38. The van der Waals surface area contributed by atoms with Crippen LogP contribution in [0.25, 0.3) is 0 Å². The van der Waals surface area contributed by atoms with Gasteiger partial charge in [0.25, 0.3) is 0 Å². The van der Waals surface area contributed by atoms with Crippen molar-refractivity contribution >= 4 is 5.97 Å². The fourth-order valence-corrected chi connectivity index (χ4v) is 3.62. The molecule has 0 saturated carbocycles. The van der Waals surface area contributed by atoms with Crippen LogP contribution >= 0.6 is 0 Å². The lowest BCUT2D eigenvalue weighted by molar-refractivity contribution is -0.139. The molecule has 7 heteroatoms. The van der Waals surface area contributed by atoms with Crippen molar-refractivity contribution in [2.75, 3.05) is 0 Å². The molecule has 0 aliphatic carbocycles. The predicted octanol–water partition coefficient (Wildman–Crippen LogP) is 6.76. The van der Waals surface area contributed by atoms with Crippen molar-refractivity contribution in [3.05, 3.63) is 101 Å². The number of benzene rings is 3. The molecule has 0 spiro atoms. The third-order valence-corrected chi connectivity index (χ3v) is 4.88. The maximum atomic E-state index is 13.5. The molecule has 0 bridgehead atoms. The molecule has 0 heterocycles. The molecule has 3 aromatic rings. The zero-order valence-electron chi connectivity index (χ0n) is 16.5. The Morgan fingerprint density at radius 1 is 0.774 bits per heavy atom. The first-order chi connectivity index (χ1) is 14.6. The number of ether oxygens (including phenoxy) is 1. The molecule has 0 radical (unpaired) electrons. The second-order valence-electron chi connectivity index (χ2n) is 7.17. The molecule has 0 fully saturated rings. The minimum atomic E-state index is -4.49. The van der Waals surface area contributed by atoms with Gasteiger partial charge in [0, 0.05) is 18.8 Å². The van der Waals surface area contributed by atoms with Gasteiger partial charge < -0.3 is 4.74 Å². The minimum Gasteiger partial charge on any atom is -0.427 e. The monoisotopic (exact) mass is 434 g/mol. The van der Waals surface area contributed by atoms with E-state index in [1.165, 1.54) is 55.5 Å². The molecule has 0 saturated heterocycles. The smallest absolute Gasteiger partial charge is 0.389 e. The summed E-state index contributed by atoms with van der Waals surface area (Å²) < 4.78 is 72.5. The van der Waals surface area contributed by atoms with Gasteiger partial charge in [-0.15, -0.1) is 0 Å². The van der Waals surface area contributed by atoms with E-state index in [0.29, 0.717) is 16.7 Å². The Morgan fingerprint density at radius 2 is 1.19 bits per heavy atom. The van der Waals surface area contributed by atoms with E-state index in [9.17, 15) is 26.7 Å². The average molecular weight is 434 g/mol. The van der Waals surface area contributed by atoms with Crippen molar-refractivity contribution in [2.45, 2.75) is 31.4 Å². The molecule has 2 atom stereocenters. The number of halogens is 5. The van der Waals surface area contributed by atoms with Gasteiger partial charge in [-0.3, -0.25) is 4.79 Å². The molecule has 0 aliphatic rings. The van der Waals surface area contributed by atoms with Gasteiger partial charge in [-0.05, 0) is 53.1 Å². The van der Waals surface area contributed by atoms with Crippen molar-refractivity contribution in [1.29, 1.82) is 0 Å². The second kappa shape index (κ2) is 9.29. The van der Waals surface area contributed by atoms with Gasteiger partial charge in [-0.2, -0.15) is 13.2 Å². The lowest BCUT2D eigenvalue weighted by atomic mass is 9.75. The quantitative estimate of drug-likeness (QED) is 0.243. The molecule has 2 nitrogen and oxygen atoms in total. The lowest BCUT2D eigenvalue weighted by Crippen LogP contribution is -2.21. The molecular weight excluding hydrogens is 415 g/mol. The molecule has 0 unspecified atom stereocenters. The van der Waals surface area contributed by atoms with E-state index in [0.717, 1.165) is 12.1 Å². The fourth-order valence-electron chi connectivity index (χ4n) is 3.62. The maximum Gasteiger partial charge on any atom is 0.389 e. The maximum absolute atomic E-state index is 13.5. The summed E-state index contributed by atoms with van der Waals surface area (Å²) >= 11 is 0. The molecule has 3 aromatic carbocycles. The standard InChI is InChI=1S/C24H19F5O2/c1-15(30)31-21-12-6-18(7-13-21)23(17-4-10-20(26)11-5-17)22(14-24(27,28)29)16-2-8-19(25)9-3-16/h2-13,22-23H,14H2,1H3/t22-,23-/m1/s1. The Kier molecular flexibility index (Phi) is 6.73. The summed E-state index contributed by atoms with van der Waals surface area (Å²) in [5.74, 6) is -3.24. The van der Waals surface area contributed by atoms with E-state index in [1.54, 1.807) is 12.1 Å². The highest BCUT2D eigenvalue weighted by atomic mass is 19.4. The van der Waals surface area contributed by atoms with Crippen LogP contribution in [-0.4, -0.2) is 12.1 Å². The van der Waals surface area contributed by atoms with Crippen molar-refractivity contribution in [3.8, 4) is 5.75 Å². The molecule has 31 heavy (non-hydrogen) atoms. The minimum absolute atomic E-state index is 0.253. The van der Waals surface area contributed by atoms with E-state index in [4.69, 9.17) is 4.74 Å². The molecule has 0 aliphatic heterocycles. The Hall–Kier alpha value is -3.22. The zero-order valence-corrected chi connectivity index (χ0v) is 16.5. The summed E-state index contributed by atoms with van der Waals surface area (Å²) in [6.07, 6.45) is -5.65. The van der Waals surface area contributed by atoms with Crippen LogP contribution in [0, 0.1) is 11.6 Å². The van der Waals surface area contributed by atoms with E-state index in [-0.39, 0.29) is 5.75 Å². The van der Waals surface area contributed by atoms with Gasteiger partial charge in [-0.1, -0.05) is 36.4 Å². The number of rotatable bonds is 6. The van der Waals surface area contributed by atoms with Crippen LogP contribution in [0.4, 0.5) is 22.0 Å². The second-order valence-corrected chi connectivity index (χ2v) is 7.17.